The first-order chi connectivity index (χ1) is 9.52. The molecule has 0 bridgehead atoms. The molecule has 1 heterocycles. The van der Waals surface area contributed by atoms with Crippen molar-refractivity contribution in [2.45, 2.75) is 37.6 Å². The van der Waals surface area contributed by atoms with Crippen molar-refractivity contribution in [3.63, 3.8) is 0 Å². The summed E-state index contributed by atoms with van der Waals surface area (Å²) in [6.07, 6.45) is 4.06. The van der Waals surface area contributed by atoms with Gasteiger partial charge in [0, 0.05) is 25.0 Å². The second-order valence-electron chi connectivity index (χ2n) is 4.33. The lowest BCUT2D eigenvalue weighted by Crippen LogP contribution is -2.41. The molecule has 0 aliphatic carbocycles. The van der Waals surface area contributed by atoms with Crippen molar-refractivity contribution in [2.24, 2.45) is 5.84 Å². The zero-order chi connectivity index (χ0) is 15.2. The zero-order valence-corrected chi connectivity index (χ0v) is 12.6. The average molecular weight is 302 g/mol. The van der Waals surface area contributed by atoms with Gasteiger partial charge in [0.2, 0.25) is 10.0 Å². The molecule has 8 heteroatoms. The van der Waals surface area contributed by atoms with E-state index in [4.69, 9.17) is 10.9 Å². The molecule has 0 aliphatic rings. The van der Waals surface area contributed by atoms with Crippen LogP contribution in [0.2, 0.25) is 0 Å². The van der Waals surface area contributed by atoms with Crippen LogP contribution in [0.25, 0.3) is 0 Å². The molecule has 1 rings (SSSR count). The Labute approximate surface area is 119 Å². The van der Waals surface area contributed by atoms with Gasteiger partial charge < -0.3 is 10.5 Å². The van der Waals surface area contributed by atoms with Gasteiger partial charge in [0.15, 0.2) is 0 Å². The summed E-state index contributed by atoms with van der Waals surface area (Å²) in [5, 5.41) is 9.15. The van der Waals surface area contributed by atoms with E-state index in [1.54, 1.807) is 0 Å². The van der Waals surface area contributed by atoms with E-state index in [1.165, 1.54) is 22.8 Å². The quantitative estimate of drug-likeness (QED) is 0.478. The predicted octanol–water partition coefficient (Wildman–Crippen LogP) is 0.539. The van der Waals surface area contributed by atoms with Crippen LogP contribution in [-0.4, -0.2) is 42.0 Å². The third-order valence-corrected chi connectivity index (χ3v) is 5.18. The molecule has 0 atom stereocenters. The van der Waals surface area contributed by atoms with Crippen molar-refractivity contribution in [1.82, 2.24) is 9.29 Å². The molecule has 0 aromatic carbocycles. The van der Waals surface area contributed by atoms with Crippen LogP contribution in [0.15, 0.2) is 23.4 Å². The molecule has 1 aromatic rings. The Balaban J connectivity index is 3.29. The van der Waals surface area contributed by atoms with E-state index < -0.39 is 10.0 Å². The Bertz CT molecular complexity index is 517. The third-order valence-electron chi connectivity index (χ3n) is 3.20. The van der Waals surface area contributed by atoms with Crippen LogP contribution < -0.4 is 11.3 Å². The zero-order valence-electron chi connectivity index (χ0n) is 11.8. The number of hydrogen-bond donors (Lipinski definition) is 3. The normalized spacial score (nSPS) is 12.1. The van der Waals surface area contributed by atoms with E-state index in [0.29, 0.717) is 12.8 Å². The average Bonchev–Trinajstić information content (AvgIpc) is 2.47. The van der Waals surface area contributed by atoms with Crippen molar-refractivity contribution >= 4 is 15.7 Å². The molecule has 1 aromatic heterocycles. The Kier molecular flexibility index (Phi) is 6.34. The number of nitrogen functional groups attached to an aromatic ring is 1. The summed E-state index contributed by atoms with van der Waals surface area (Å²) in [6, 6.07) is 1.33. The summed E-state index contributed by atoms with van der Waals surface area (Å²) >= 11 is 0. The lowest BCUT2D eigenvalue weighted by atomic mass is 10.2. The molecule has 4 N–H and O–H groups in total. The fourth-order valence-electron chi connectivity index (χ4n) is 2.12. The van der Waals surface area contributed by atoms with Gasteiger partial charge in [-0.2, -0.15) is 4.31 Å². The van der Waals surface area contributed by atoms with E-state index in [1.807, 2.05) is 13.8 Å². The number of nitrogens with one attached hydrogen (secondary N) is 1. The summed E-state index contributed by atoms with van der Waals surface area (Å²) in [5.74, 6) is 5.35. The molecule has 0 aliphatic heterocycles. The second-order valence-corrected chi connectivity index (χ2v) is 6.18. The van der Waals surface area contributed by atoms with E-state index in [-0.39, 0.29) is 29.8 Å². The van der Waals surface area contributed by atoms with Crippen molar-refractivity contribution in [3.8, 4) is 0 Å². The fraction of sp³-hybridized carbons (Fsp3) is 0.583. The molecular weight excluding hydrogens is 280 g/mol. The second kappa shape index (κ2) is 7.53. The van der Waals surface area contributed by atoms with E-state index >= 15 is 0 Å². The van der Waals surface area contributed by atoms with Gasteiger partial charge in [-0.25, -0.2) is 8.42 Å². The molecule has 0 saturated heterocycles. The van der Waals surface area contributed by atoms with Crippen molar-refractivity contribution in [1.29, 1.82) is 0 Å². The van der Waals surface area contributed by atoms with E-state index in [9.17, 15) is 8.42 Å². The highest BCUT2D eigenvalue weighted by Crippen LogP contribution is 2.25. The smallest absolute Gasteiger partial charge is 0.247 e. The lowest BCUT2D eigenvalue weighted by molar-refractivity contribution is 0.219. The number of nitrogens with two attached hydrogens (primary N) is 1. The fourth-order valence-corrected chi connectivity index (χ4v) is 3.99. The maximum absolute atomic E-state index is 12.7. The van der Waals surface area contributed by atoms with Gasteiger partial charge in [0.25, 0.3) is 0 Å². The van der Waals surface area contributed by atoms with Gasteiger partial charge in [-0.05, 0) is 18.9 Å². The summed E-state index contributed by atoms with van der Waals surface area (Å²) in [7, 11) is -3.76. The lowest BCUT2D eigenvalue weighted by Gasteiger charge is -2.29. The van der Waals surface area contributed by atoms with E-state index in [2.05, 4.69) is 10.4 Å². The van der Waals surface area contributed by atoms with Crippen LogP contribution >= 0.6 is 0 Å². The van der Waals surface area contributed by atoms with Crippen LogP contribution in [0.4, 0.5) is 5.69 Å². The molecule has 0 fully saturated rings. The molecule has 0 radical (unpaired) electrons. The van der Waals surface area contributed by atoms with Gasteiger partial charge in [-0.15, -0.1) is 0 Å². The number of aromatic nitrogens is 1. The molecule has 7 nitrogen and oxygen atoms in total. The monoisotopic (exact) mass is 302 g/mol. The highest BCUT2D eigenvalue weighted by molar-refractivity contribution is 7.89. The molecule has 20 heavy (non-hydrogen) atoms. The van der Waals surface area contributed by atoms with Gasteiger partial charge >= 0.3 is 0 Å². The van der Waals surface area contributed by atoms with Crippen LogP contribution in [0.3, 0.4) is 0 Å². The van der Waals surface area contributed by atoms with Crippen LogP contribution in [-0.2, 0) is 10.0 Å². The molecule has 114 valence electrons. The standard InChI is InChI=1S/C12H22N4O3S/c1-3-10(4-2)16(7-8-17)20(18,19)12-9-14-6-5-11(12)15-13/h5-6,9-10,17H,3-4,7-8,13H2,1-2H3,(H,14,15). The largest absolute Gasteiger partial charge is 0.395 e. The minimum Gasteiger partial charge on any atom is -0.395 e. The number of pyridine rings is 1. The SMILES string of the molecule is CCC(CC)N(CCO)S(=O)(=O)c1cnccc1NN. The van der Waals surface area contributed by atoms with Gasteiger partial charge in [0.1, 0.15) is 4.90 Å². The number of anilines is 1. The number of hydrogen-bond acceptors (Lipinski definition) is 6. The summed E-state index contributed by atoms with van der Waals surface area (Å²) in [4.78, 5) is 3.87. The number of rotatable bonds is 8. The molecule has 0 unspecified atom stereocenters. The molecule has 0 amide bonds. The number of nitrogens with zero attached hydrogens (tertiary/aromatic N) is 2. The number of sulfonamides is 1. The number of hydrazine groups is 1. The first-order valence-corrected chi connectivity index (χ1v) is 8.00. The van der Waals surface area contributed by atoms with Crippen LogP contribution in [0, 0.1) is 0 Å². The Morgan fingerprint density at radius 3 is 2.60 bits per heavy atom. The van der Waals surface area contributed by atoms with E-state index in [0.717, 1.165) is 0 Å². The first kappa shape index (κ1) is 16.8. The Hall–Kier alpha value is -1.22. The highest BCUT2D eigenvalue weighted by atomic mass is 32.2. The van der Waals surface area contributed by atoms with Crippen molar-refractivity contribution in [3.05, 3.63) is 18.5 Å². The van der Waals surface area contributed by atoms with Gasteiger partial charge in [0.05, 0.1) is 12.3 Å². The first-order valence-electron chi connectivity index (χ1n) is 6.56. The van der Waals surface area contributed by atoms with Crippen molar-refractivity contribution < 1.29 is 13.5 Å². The minimum atomic E-state index is -3.76. The maximum Gasteiger partial charge on any atom is 0.247 e. The highest BCUT2D eigenvalue weighted by Gasteiger charge is 2.31. The number of aliphatic hydroxyl groups excluding tert-OH is 1. The van der Waals surface area contributed by atoms with Crippen LogP contribution in [0.5, 0.6) is 0 Å². The Morgan fingerprint density at radius 1 is 1.45 bits per heavy atom. The number of aliphatic hydroxyl groups is 1. The molecule has 0 spiro atoms. The van der Waals surface area contributed by atoms with Crippen molar-refractivity contribution in [2.75, 3.05) is 18.6 Å². The Morgan fingerprint density at radius 2 is 2.10 bits per heavy atom. The van der Waals surface area contributed by atoms with Gasteiger partial charge in [-0.1, -0.05) is 13.8 Å². The summed E-state index contributed by atoms with van der Waals surface area (Å²) < 4.78 is 26.8. The summed E-state index contributed by atoms with van der Waals surface area (Å²) in [6.45, 7) is 3.65. The maximum atomic E-state index is 12.7. The predicted molar refractivity (Wildman–Crippen MR) is 77.4 cm³/mol. The third kappa shape index (κ3) is 3.45. The summed E-state index contributed by atoms with van der Waals surface area (Å²) in [5.41, 5.74) is 2.65. The molecular formula is C12H22N4O3S. The van der Waals surface area contributed by atoms with Crippen LogP contribution in [0.1, 0.15) is 26.7 Å². The van der Waals surface area contributed by atoms with Gasteiger partial charge in [-0.3, -0.25) is 10.8 Å². The minimum absolute atomic E-state index is 0.0165. The molecule has 0 saturated carbocycles. The topological polar surface area (TPSA) is 109 Å².